The van der Waals surface area contributed by atoms with Crippen LogP contribution in [0.4, 0.5) is 0 Å². The maximum Gasteiger partial charge on any atom is 0.255 e. The molecule has 0 bridgehead atoms. The highest BCUT2D eigenvalue weighted by atomic mass is 35.5. The van der Waals surface area contributed by atoms with Crippen LogP contribution in [0.5, 0.6) is 0 Å². The number of aromatic nitrogens is 3. The van der Waals surface area contributed by atoms with Crippen LogP contribution >= 0.6 is 24.8 Å². The van der Waals surface area contributed by atoms with Crippen LogP contribution in [0.2, 0.25) is 0 Å². The molecule has 1 saturated heterocycles. The second kappa shape index (κ2) is 6.81. The lowest BCUT2D eigenvalue weighted by molar-refractivity contribution is 0.0776. The molecule has 2 N–H and O–H groups in total. The van der Waals surface area contributed by atoms with E-state index >= 15 is 0 Å². The smallest absolute Gasteiger partial charge is 0.255 e. The number of halogens is 2. The van der Waals surface area contributed by atoms with E-state index in [1.54, 1.807) is 0 Å². The molecule has 122 valence electrons. The molecule has 1 unspecified atom stereocenters. The molecule has 3 heterocycles. The van der Waals surface area contributed by atoms with Crippen LogP contribution in [0.3, 0.4) is 0 Å². The minimum absolute atomic E-state index is 0. The Kier molecular flexibility index (Phi) is 5.78. The number of nitrogens with zero attached hydrogens (tertiary/aromatic N) is 4. The highest BCUT2D eigenvalue weighted by Gasteiger charge is 2.35. The number of rotatable bonds is 2. The molecule has 3 rings (SSSR count). The van der Waals surface area contributed by atoms with Crippen molar-refractivity contribution in [1.82, 2.24) is 19.5 Å². The van der Waals surface area contributed by atoms with Crippen LogP contribution in [0.25, 0.3) is 5.65 Å². The number of carbonyl (C=O) groups is 1. The van der Waals surface area contributed by atoms with Crippen molar-refractivity contribution in [3.05, 3.63) is 29.7 Å². The van der Waals surface area contributed by atoms with Crippen LogP contribution in [0.15, 0.2) is 18.3 Å². The second-order valence-electron chi connectivity index (χ2n) is 5.88. The number of aryl methyl sites for hydroxylation is 1. The number of nitrogens with two attached hydrogens (primary N) is 1. The Morgan fingerprint density at radius 1 is 1.36 bits per heavy atom. The number of amides is 1. The SMILES string of the molecule is Cc1nnc2ccc(C(=O)N3CCC(C)(CN)C3)cn12.Cl.Cl. The minimum atomic E-state index is 0. The number of hydrogen-bond acceptors (Lipinski definition) is 4. The molecule has 8 heteroatoms. The molecule has 1 aliphatic rings. The Labute approximate surface area is 141 Å². The van der Waals surface area contributed by atoms with Crippen molar-refractivity contribution in [1.29, 1.82) is 0 Å². The summed E-state index contributed by atoms with van der Waals surface area (Å²) in [4.78, 5) is 14.4. The Morgan fingerprint density at radius 3 is 2.73 bits per heavy atom. The topological polar surface area (TPSA) is 76.5 Å². The standard InChI is InChI=1S/C14H19N5O.2ClH/c1-10-16-17-12-4-3-11(7-19(10)12)13(20)18-6-5-14(2,8-15)9-18;;/h3-4,7H,5-6,8-9,15H2,1-2H3;2*1H. The van der Waals surface area contributed by atoms with Gasteiger partial charge in [-0.05, 0) is 37.4 Å². The molecule has 2 aromatic heterocycles. The van der Waals surface area contributed by atoms with Crippen molar-refractivity contribution in [2.45, 2.75) is 20.3 Å². The minimum Gasteiger partial charge on any atom is -0.338 e. The first-order chi connectivity index (χ1) is 9.52. The zero-order chi connectivity index (χ0) is 14.3. The van der Waals surface area contributed by atoms with Gasteiger partial charge in [0.1, 0.15) is 5.82 Å². The van der Waals surface area contributed by atoms with Crippen LogP contribution in [0.1, 0.15) is 29.5 Å². The summed E-state index contributed by atoms with van der Waals surface area (Å²) in [6.45, 7) is 6.11. The van der Waals surface area contributed by atoms with Crippen molar-refractivity contribution in [3.8, 4) is 0 Å². The van der Waals surface area contributed by atoms with Gasteiger partial charge in [0.15, 0.2) is 5.65 Å². The predicted octanol–water partition coefficient (Wildman–Crippen LogP) is 1.69. The van der Waals surface area contributed by atoms with E-state index in [0.29, 0.717) is 12.1 Å². The summed E-state index contributed by atoms with van der Waals surface area (Å²) in [6.07, 6.45) is 2.77. The maximum atomic E-state index is 12.6. The van der Waals surface area contributed by atoms with Crippen molar-refractivity contribution in [2.75, 3.05) is 19.6 Å². The predicted molar refractivity (Wildman–Crippen MR) is 89.9 cm³/mol. The van der Waals surface area contributed by atoms with Gasteiger partial charge in [-0.15, -0.1) is 35.0 Å². The van der Waals surface area contributed by atoms with E-state index in [4.69, 9.17) is 5.73 Å². The van der Waals surface area contributed by atoms with E-state index < -0.39 is 0 Å². The van der Waals surface area contributed by atoms with Gasteiger partial charge in [0.25, 0.3) is 5.91 Å². The average Bonchev–Trinajstić information content (AvgIpc) is 3.03. The summed E-state index contributed by atoms with van der Waals surface area (Å²) in [5.41, 5.74) is 7.26. The van der Waals surface area contributed by atoms with Crippen LogP contribution in [-0.2, 0) is 0 Å². The molecule has 1 amide bonds. The third-order valence-electron chi connectivity index (χ3n) is 4.16. The van der Waals surface area contributed by atoms with Gasteiger partial charge >= 0.3 is 0 Å². The zero-order valence-corrected chi connectivity index (χ0v) is 14.3. The van der Waals surface area contributed by atoms with Gasteiger partial charge in [-0.2, -0.15) is 0 Å². The van der Waals surface area contributed by atoms with Crippen LogP contribution in [-0.4, -0.2) is 45.0 Å². The Bertz CT molecular complexity index is 674. The molecule has 0 aliphatic carbocycles. The van der Waals surface area contributed by atoms with E-state index in [2.05, 4.69) is 17.1 Å². The maximum absolute atomic E-state index is 12.6. The van der Waals surface area contributed by atoms with Crippen LogP contribution < -0.4 is 5.73 Å². The fourth-order valence-electron chi connectivity index (χ4n) is 2.68. The fraction of sp³-hybridized carbons (Fsp3) is 0.500. The van der Waals surface area contributed by atoms with E-state index in [-0.39, 0.29) is 36.1 Å². The lowest BCUT2D eigenvalue weighted by Crippen LogP contribution is -2.34. The lowest BCUT2D eigenvalue weighted by atomic mass is 9.90. The third-order valence-corrected chi connectivity index (χ3v) is 4.16. The van der Waals surface area contributed by atoms with Gasteiger partial charge in [-0.1, -0.05) is 6.92 Å². The molecule has 0 radical (unpaired) electrons. The first kappa shape index (κ1) is 18.7. The molecule has 1 fully saturated rings. The summed E-state index contributed by atoms with van der Waals surface area (Å²) >= 11 is 0. The second-order valence-corrected chi connectivity index (χ2v) is 5.88. The van der Waals surface area contributed by atoms with Gasteiger partial charge in [-0.3, -0.25) is 9.20 Å². The molecule has 2 aromatic rings. The van der Waals surface area contributed by atoms with Crippen LogP contribution in [0, 0.1) is 12.3 Å². The van der Waals surface area contributed by atoms with Gasteiger partial charge in [0, 0.05) is 19.3 Å². The summed E-state index contributed by atoms with van der Waals surface area (Å²) in [5.74, 6) is 0.833. The quantitative estimate of drug-likeness (QED) is 0.898. The molecule has 6 nitrogen and oxygen atoms in total. The monoisotopic (exact) mass is 345 g/mol. The van der Waals surface area contributed by atoms with Gasteiger partial charge in [0.2, 0.25) is 0 Å². The number of fused-ring (bicyclic) bond motifs is 1. The van der Waals surface area contributed by atoms with Crippen molar-refractivity contribution < 1.29 is 4.79 Å². The Hall–Kier alpha value is -1.37. The lowest BCUT2D eigenvalue weighted by Gasteiger charge is -2.22. The first-order valence-corrected chi connectivity index (χ1v) is 6.83. The largest absolute Gasteiger partial charge is 0.338 e. The molecular weight excluding hydrogens is 325 g/mol. The molecule has 0 spiro atoms. The molecule has 0 aromatic carbocycles. The Morgan fingerprint density at radius 2 is 2.09 bits per heavy atom. The number of hydrogen-bond donors (Lipinski definition) is 1. The number of likely N-dealkylation sites (tertiary alicyclic amines) is 1. The molecule has 1 atom stereocenters. The van der Waals surface area contributed by atoms with Gasteiger partial charge in [0.05, 0.1) is 5.56 Å². The van der Waals surface area contributed by atoms with Crippen molar-refractivity contribution in [3.63, 3.8) is 0 Å². The summed E-state index contributed by atoms with van der Waals surface area (Å²) in [6, 6.07) is 3.63. The highest BCUT2D eigenvalue weighted by molar-refractivity contribution is 5.94. The Balaban J connectivity index is 0.00000121. The fourth-order valence-corrected chi connectivity index (χ4v) is 2.68. The normalized spacial score (nSPS) is 20.6. The third kappa shape index (κ3) is 3.19. The van der Waals surface area contributed by atoms with E-state index in [1.165, 1.54) is 0 Å². The summed E-state index contributed by atoms with van der Waals surface area (Å²) in [7, 11) is 0. The molecular formula is C14H21Cl2N5O. The van der Waals surface area contributed by atoms with Gasteiger partial charge < -0.3 is 10.6 Å². The van der Waals surface area contributed by atoms with Crippen molar-refractivity contribution >= 4 is 36.4 Å². The highest BCUT2D eigenvalue weighted by Crippen LogP contribution is 2.29. The van der Waals surface area contributed by atoms with E-state index in [0.717, 1.165) is 31.0 Å². The molecule has 0 saturated carbocycles. The molecule has 22 heavy (non-hydrogen) atoms. The summed E-state index contributed by atoms with van der Waals surface area (Å²) in [5, 5.41) is 8.03. The van der Waals surface area contributed by atoms with E-state index in [1.807, 2.05) is 34.6 Å². The van der Waals surface area contributed by atoms with Gasteiger partial charge in [-0.25, -0.2) is 0 Å². The number of pyridine rings is 1. The van der Waals surface area contributed by atoms with E-state index in [9.17, 15) is 4.79 Å². The average molecular weight is 346 g/mol. The first-order valence-electron chi connectivity index (χ1n) is 6.83. The van der Waals surface area contributed by atoms with Crippen molar-refractivity contribution in [2.24, 2.45) is 11.1 Å². The molecule has 1 aliphatic heterocycles. The zero-order valence-electron chi connectivity index (χ0n) is 12.7. The number of carbonyl (C=O) groups excluding carboxylic acids is 1. The summed E-state index contributed by atoms with van der Waals surface area (Å²) < 4.78 is 1.84.